The van der Waals surface area contributed by atoms with Gasteiger partial charge >= 0.3 is 0 Å². The number of ether oxygens (including phenoxy) is 4. The number of hydrogen-bond acceptors (Lipinski definition) is 7. The fraction of sp³-hybridized carbons (Fsp3) is 0.769. The molecule has 1 aromatic rings. The lowest BCUT2D eigenvalue weighted by Crippen LogP contribution is -2.44. The molecule has 3 heterocycles. The Bertz CT molecular complexity index is 867. The van der Waals surface area contributed by atoms with Crippen LogP contribution in [0.15, 0.2) is 12.1 Å². The van der Waals surface area contributed by atoms with Crippen LogP contribution in [0.25, 0.3) is 0 Å². The van der Waals surface area contributed by atoms with Gasteiger partial charge < -0.3 is 28.8 Å². The fourth-order valence-corrected chi connectivity index (χ4v) is 5.27. The molecule has 0 saturated carbocycles. The molecule has 0 spiro atoms. The third-order valence-corrected chi connectivity index (χ3v) is 11.8. The monoisotopic (exact) mass is 492 g/mol. The van der Waals surface area contributed by atoms with E-state index in [1.165, 1.54) is 0 Å². The average Bonchev–Trinajstić information content (AvgIpc) is 3.23. The van der Waals surface area contributed by atoms with Crippen LogP contribution in [0.5, 0.6) is 5.88 Å². The minimum Gasteiger partial charge on any atom is -0.481 e. The van der Waals surface area contributed by atoms with Crippen LogP contribution in [0.3, 0.4) is 0 Å². The molecule has 7 nitrogen and oxygen atoms in total. The number of fused-ring (bicyclic) bond motifs is 1. The van der Waals surface area contributed by atoms with E-state index in [0.29, 0.717) is 24.6 Å². The molecule has 0 unspecified atom stereocenters. The molecule has 2 aliphatic heterocycles. The minimum absolute atomic E-state index is 0.114. The first kappa shape index (κ1) is 27.3. The highest BCUT2D eigenvalue weighted by atomic mass is 28.4. The normalized spacial score (nSPS) is 26.5. The van der Waals surface area contributed by atoms with Gasteiger partial charge in [0.05, 0.1) is 19.4 Å². The Morgan fingerprint density at radius 3 is 2.47 bits per heavy atom. The summed E-state index contributed by atoms with van der Waals surface area (Å²) in [5, 5.41) is 8.59. The number of nitrogens with one attached hydrogen (secondary N) is 1. The molecule has 0 aromatic carbocycles. The minimum atomic E-state index is -1.94. The Morgan fingerprint density at radius 1 is 1.18 bits per heavy atom. The zero-order valence-electron chi connectivity index (χ0n) is 22.5. The van der Waals surface area contributed by atoms with Crippen LogP contribution >= 0.6 is 0 Å². The van der Waals surface area contributed by atoms with Crippen molar-refractivity contribution in [3.8, 4) is 5.88 Å². The number of methoxy groups -OCH3 is 1. The maximum absolute atomic E-state index is 8.47. The first-order valence-corrected chi connectivity index (χ1v) is 15.4. The van der Waals surface area contributed by atoms with Crippen molar-refractivity contribution >= 4 is 14.0 Å². The summed E-state index contributed by atoms with van der Waals surface area (Å²) in [7, 11) is -0.333. The third-order valence-electron chi connectivity index (χ3n) is 7.28. The van der Waals surface area contributed by atoms with Crippen molar-refractivity contribution in [1.82, 2.24) is 4.98 Å². The number of hydrogen-bond donors (Lipinski definition) is 1. The number of nitrogens with zero attached hydrogens (tertiary/aromatic N) is 1. The molecule has 3 rings (SSSR count). The molecule has 1 N–H and O–H groups in total. The molecule has 2 saturated heterocycles. The molecule has 2 aliphatic rings. The molecule has 4 atom stereocenters. The molecule has 8 heteroatoms. The van der Waals surface area contributed by atoms with E-state index in [0.717, 1.165) is 30.5 Å². The summed E-state index contributed by atoms with van der Waals surface area (Å²) in [5.41, 5.74) is 2.41. The van der Waals surface area contributed by atoms with Gasteiger partial charge in [-0.15, -0.1) is 0 Å². The average molecular weight is 493 g/mol. The topological polar surface area (TPSA) is 82.9 Å². The van der Waals surface area contributed by atoms with E-state index in [-0.39, 0.29) is 29.5 Å². The van der Waals surface area contributed by atoms with Gasteiger partial charge in [0.2, 0.25) is 5.88 Å². The Kier molecular flexibility index (Phi) is 8.30. The first-order chi connectivity index (χ1) is 15.8. The van der Waals surface area contributed by atoms with Gasteiger partial charge in [-0.05, 0) is 50.9 Å². The lowest BCUT2D eigenvalue weighted by molar-refractivity contribution is -0.190. The van der Waals surface area contributed by atoms with Gasteiger partial charge in [0.15, 0.2) is 14.1 Å². The zero-order chi connectivity index (χ0) is 25.3. The lowest BCUT2D eigenvalue weighted by atomic mass is 9.97. The van der Waals surface area contributed by atoms with E-state index in [9.17, 15) is 0 Å². The van der Waals surface area contributed by atoms with Crippen LogP contribution in [0, 0.1) is 5.41 Å². The number of aromatic nitrogens is 1. The van der Waals surface area contributed by atoms with Crippen molar-refractivity contribution in [2.24, 2.45) is 0 Å². The van der Waals surface area contributed by atoms with Gasteiger partial charge in [0, 0.05) is 23.8 Å². The highest BCUT2D eigenvalue weighted by Gasteiger charge is 2.56. The van der Waals surface area contributed by atoms with Crippen molar-refractivity contribution in [2.45, 2.75) is 116 Å². The molecule has 2 fully saturated rings. The Labute approximate surface area is 206 Å². The summed E-state index contributed by atoms with van der Waals surface area (Å²) >= 11 is 0. The van der Waals surface area contributed by atoms with E-state index in [2.05, 4.69) is 40.8 Å². The first-order valence-electron chi connectivity index (χ1n) is 12.5. The largest absolute Gasteiger partial charge is 0.481 e. The second kappa shape index (κ2) is 10.3. The highest BCUT2D eigenvalue weighted by Crippen LogP contribution is 2.47. The van der Waals surface area contributed by atoms with Crippen molar-refractivity contribution in [2.75, 3.05) is 13.7 Å². The summed E-state index contributed by atoms with van der Waals surface area (Å²) < 4.78 is 31.2. The van der Waals surface area contributed by atoms with Crippen LogP contribution < -0.4 is 4.74 Å². The van der Waals surface area contributed by atoms with Gasteiger partial charge in [0.25, 0.3) is 0 Å². The summed E-state index contributed by atoms with van der Waals surface area (Å²) in [5.74, 6) is -0.154. The van der Waals surface area contributed by atoms with Gasteiger partial charge in [-0.1, -0.05) is 34.1 Å². The Balaban J connectivity index is 1.87. The summed E-state index contributed by atoms with van der Waals surface area (Å²) in [6.07, 6.45) is 2.24. The number of unbranched alkanes of at least 4 members (excludes halogenated alkanes) is 1. The van der Waals surface area contributed by atoms with Crippen LogP contribution in [0.2, 0.25) is 18.1 Å². The SMILES string of the molecule is CCCCC(=N)Cc1nc(OC)ccc1[C@@H]1O[C@H](CO[Si](C)(C)C(C)(C)C)[C@H]2OC(C)(C)O[C@H]21. The molecule has 0 amide bonds. The lowest BCUT2D eigenvalue weighted by Gasteiger charge is -2.37. The summed E-state index contributed by atoms with van der Waals surface area (Å²) in [4.78, 5) is 4.71. The standard InChI is InChI=1S/C26H44N2O5Si/c1-10-11-12-17(27)15-19-18(13-14-21(28-19)29-7)22-24-23(32-26(5,6)33-24)20(31-22)16-30-34(8,9)25(2,3)4/h13-14,20,22-24,27H,10-12,15-16H2,1-9H3/t20-,22+,23-,24+/m1/s1. The predicted molar refractivity (Wildman–Crippen MR) is 136 cm³/mol. The van der Waals surface area contributed by atoms with Crippen molar-refractivity contribution in [1.29, 1.82) is 5.41 Å². The van der Waals surface area contributed by atoms with Crippen LogP contribution in [-0.2, 0) is 25.1 Å². The van der Waals surface area contributed by atoms with Gasteiger partial charge in [-0.3, -0.25) is 0 Å². The third kappa shape index (κ3) is 6.08. The van der Waals surface area contributed by atoms with Crippen LogP contribution in [-0.4, -0.2) is 56.8 Å². The van der Waals surface area contributed by atoms with Gasteiger partial charge in [-0.2, -0.15) is 0 Å². The van der Waals surface area contributed by atoms with E-state index in [1.807, 2.05) is 26.0 Å². The maximum atomic E-state index is 8.47. The van der Waals surface area contributed by atoms with E-state index >= 15 is 0 Å². The highest BCUT2D eigenvalue weighted by molar-refractivity contribution is 6.74. The van der Waals surface area contributed by atoms with Crippen molar-refractivity contribution < 1.29 is 23.4 Å². The molecule has 0 bridgehead atoms. The molecule has 0 aliphatic carbocycles. The van der Waals surface area contributed by atoms with E-state index in [1.54, 1.807) is 7.11 Å². The smallest absolute Gasteiger partial charge is 0.213 e. The second-order valence-electron chi connectivity index (χ2n) is 11.5. The summed E-state index contributed by atoms with van der Waals surface area (Å²) in [6, 6.07) is 3.86. The predicted octanol–water partition coefficient (Wildman–Crippen LogP) is 5.82. The van der Waals surface area contributed by atoms with Crippen molar-refractivity contribution in [3.05, 3.63) is 23.4 Å². The van der Waals surface area contributed by atoms with E-state index < -0.39 is 14.1 Å². The number of rotatable bonds is 10. The maximum Gasteiger partial charge on any atom is 0.213 e. The quantitative estimate of drug-likeness (QED) is 0.327. The molecule has 1 aromatic heterocycles. The van der Waals surface area contributed by atoms with Crippen LogP contribution in [0.1, 0.15) is 78.2 Å². The molecule has 34 heavy (non-hydrogen) atoms. The number of pyridine rings is 1. The second-order valence-corrected chi connectivity index (χ2v) is 16.3. The molecule has 192 valence electrons. The van der Waals surface area contributed by atoms with Crippen LogP contribution in [0.4, 0.5) is 0 Å². The van der Waals surface area contributed by atoms with E-state index in [4.69, 9.17) is 33.8 Å². The zero-order valence-corrected chi connectivity index (χ0v) is 23.5. The fourth-order valence-electron chi connectivity index (χ4n) is 4.26. The van der Waals surface area contributed by atoms with Crippen molar-refractivity contribution in [3.63, 3.8) is 0 Å². The summed E-state index contributed by atoms with van der Waals surface area (Å²) in [6.45, 7) is 17.7. The van der Waals surface area contributed by atoms with Gasteiger partial charge in [-0.25, -0.2) is 4.98 Å². The molecule has 0 radical (unpaired) electrons. The Morgan fingerprint density at radius 2 is 1.85 bits per heavy atom. The molecular formula is C26H44N2O5Si. The Hall–Kier alpha value is -1.32. The molecular weight excluding hydrogens is 448 g/mol. The van der Waals surface area contributed by atoms with Gasteiger partial charge in [0.1, 0.15) is 24.4 Å².